The van der Waals surface area contributed by atoms with E-state index < -0.39 is 11.4 Å². The Morgan fingerprint density at radius 2 is 1.67 bits per heavy atom. The summed E-state index contributed by atoms with van der Waals surface area (Å²) in [4.78, 5) is 18.1. The number of aliphatic carboxylic acids is 1. The highest BCUT2D eigenvalue weighted by atomic mass is 16.4. The van der Waals surface area contributed by atoms with Crippen LogP contribution in [0.1, 0.15) is 18.4 Å². The number of nitrogens with zero attached hydrogens (tertiary/aromatic N) is 2. The minimum absolute atomic E-state index is 0.620. The van der Waals surface area contributed by atoms with Crippen molar-refractivity contribution in [3.63, 3.8) is 0 Å². The lowest BCUT2D eigenvalue weighted by Gasteiger charge is -2.40. The molecule has 21 heavy (non-hydrogen) atoms. The second-order valence-electron chi connectivity index (χ2n) is 5.45. The summed E-state index contributed by atoms with van der Waals surface area (Å²) in [7, 11) is 0. The van der Waals surface area contributed by atoms with E-state index >= 15 is 0 Å². The van der Waals surface area contributed by atoms with Crippen LogP contribution in [0.5, 0.6) is 0 Å². The van der Waals surface area contributed by atoms with E-state index in [1.807, 2.05) is 42.5 Å². The number of pyridine rings is 1. The van der Waals surface area contributed by atoms with Crippen molar-refractivity contribution < 1.29 is 9.90 Å². The van der Waals surface area contributed by atoms with Crippen molar-refractivity contribution in [2.45, 2.75) is 18.3 Å². The van der Waals surface area contributed by atoms with E-state index in [-0.39, 0.29) is 0 Å². The lowest BCUT2D eigenvalue weighted by molar-refractivity contribution is -0.144. The first-order valence-electron chi connectivity index (χ1n) is 7.16. The molecule has 3 rings (SSSR count). The van der Waals surface area contributed by atoms with Gasteiger partial charge in [0.15, 0.2) is 0 Å². The van der Waals surface area contributed by atoms with Gasteiger partial charge in [0, 0.05) is 31.2 Å². The highest BCUT2D eigenvalue weighted by Gasteiger charge is 2.43. The monoisotopic (exact) mass is 282 g/mol. The van der Waals surface area contributed by atoms with Crippen LogP contribution in [0.4, 0.5) is 5.69 Å². The summed E-state index contributed by atoms with van der Waals surface area (Å²) in [6, 6.07) is 13.5. The van der Waals surface area contributed by atoms with Gasteiger partial charge < -0.3 is 10.0 Å². The maximum atomic E-state index is 11.9. The van der Waals surface area contributed by atoms with Crippen molar-refractivity contribution in [3.05, 3.63) is 60.4 Å². The Balaban J connectivity index is 1.83. The average Bonchev–Trinajstić information content (AvgIpc) is 2.56. The zero-order valence-electron chi connectivity index (χ0n) is 11.8. The number of aromatic nitrogens is 1. The topological polar surface area (TPSA) is 53.4 Å². The normalized spacial score (nSPS) is 17.4. The molecule has 0 amide bonds. The number of hydrogen-bond acceptors (Lipinski definition) is 3. The molecular formula is C17H18N2O2. The summed E-state index contributed by atoms with van der Waals surface area (Å²) in [5.74, 6) is -0.719. The van der Waals surface area contributed by atoms with Crippen LogP contribution in [0.25, 0.3) is 0 Å². The predicted octanol–water partition coefficient (Wildman–Crippen LogP) is 2.70. The number of hydrogen-bond donors (Lipinski definition) is 1. The Kier molecular flexibility index (Phi) is 3.60. The highest BCUT2D eigenvalue weighted by molar-refractivity contribution is 5.82. The van der Waals surface area contributed by atoms with Crippen LogP contribution in [-0.2, 0) is 10.2 Å². The SMILES string of the molecule is O=C(O)C1(c2ccccc2)CCN(c2ccncc2)CC1. The molecule has 1 N–H and O–H groups in total. The molecule has 1 aromatic heterocycles. The molecule has 0 saturated carbocycles. The number of anilines is 1. The molecule has 0 aliphatic carbocycles. The van der Waals surface area contributed by atoms with Crippen LogP contribution in [0, 0.1) is 0 Å². The van der Waals surface area contributed by atoms with Gasteiger partial charge >= 0.3 is 5.97 Å². The van der Waals surface area contributed by atoms with Crippen molar-refractivity contribution in [2.24, 2.45) is 0 Å². The Bertz CT molecular complexity index is 605. The van der Waals surface area contributed by atoms with Crippen molar-refractivity contribution in [2.75, 3.05) is 18.0 Å². The summed E-state index contributed by atoms with van der Waals surface area (Å²) >= 11 is 0. The van der Waals surface area contributed by atoms with Crippen LogP contribution in [0.2, 0.25) is 0 Å². The number of piperidine rings is 1. The van der Waals surface area contributed by atoms with E-state index in [2.05, 4.69) is 9.88 Å². The lowest BCUT2D eigenvalue weighted by atomic mass is 9.73. The van der Waals surface area contributed by atoms with Crippen LogP contribution in [-0.4, -0.2) is 29.1 Å². The maximum absolute atomic E-state index is 11.9. The predicted molar refractivity (Wildman–Crippen MR) is 81.4 cm³/mol. The number of carboxylic acid groups (broad SMARTS) is 1. The van der Waals surface area contributed by atoms with Crippen molar-refractivity contribution in [3.8, 4) is 0 Å². The standard InChI is InChI=1S/C17H18N2O2/c20-16(21)17(14-4-2-1-3-5-14)8-12-19(13-9-17)15-6-10-18-11-7-15/h1-7,10-11H,8-9,12-13H2,(H,20,21). The first kappa shape index (κ1) is 13.6. The van der Waals surface area contributed by atoms with Gasteiger partial charge in [0.05, 0.1) is 5.41 Å². The van der Waals surface area contributed by atoms with Gasteiger partial charge in [-0.2, -0.15) is 0 Å². The van der Waals surface area contributed by atoms with Gasteiger partial charge in [-0.15, -0.1) is 0 Å². The van der Waals surface area contributed by atoms with Gasteiger partial charge in [0.25, 0.3) is 0 Å². The van der Waals surface area contributed by atoms with Gasteiger partial charge in [-0.25, -0.2) is 0 Å². The first-order valence-corrected chi connectivity index (χ1v) is 7.16. The number of benzene rings is 1. The van der Waals surface area contributed by atoms with E-state index in [1.54, 1.807) is 12.4 Å². The molecule has 4 heteroatoms. The van der Waals surface area contributed by atoms with Gasteiger partial charge in [0.2, 0.25) is 0 Å². The summed E-state index contributed by atoms with van der Waals surface area (Å²) in [5.41, 5.74) is 1.26. The third-order valence-corrected chi connectivity index (χ3v) is 4.38. The van der Waals surface area contributed by atoms with E-state index in [4.69, 9.17) is 0 Å². The van der Waals surface area contributed by atoms with Crippen molar-refractivity contribution >= 4 is 11.7 Å². The second kappa shape index (κ2) is 5.56. The second-order valence-corrected chi connectivity index (χ2v) is 5.45. The molecule has 1 fully saturated rings. The minimum Gasteiger partial charge on any atom is -0.481 e. The van der Waals surface area contributed by atoms with Crippen LogP contribution in [0.15, 0.2) is 54.9 Å². The van der Waals surface area contributed by atoms with Crippen LogP contribution >= 0.6 is 0 Å². The summed E-state index contributed by atoms with van der Waals surface area (Å²) in [6.07, 6.45) is 4.78. The van der Waals surface area contributed by atoms with E-state index in [1.165, 1.54) is 0 Å². The molecule has 0 radical (unpaired) electrons. The molecule has 0 bridgehead atoms. The molecule has 1 aliphatic heterocycles. The van der Waals surface area contributed by atoms with Gasteiger partial charge in [-0.1, -0.05) is 30.3 Å². The highest BCUT2D eigenvalue weighted by Crippen LogP contribution is 2.37. The average molecular weight is 282 g/mol. The Morgan fingerprint density at radius 1 is 1.05 bits per heavy atom. The fourth-order valence-electron chi connectivity index (χ4n) is 3.08. The molecule has 1 aliphatic rings. The van der Waals surface area contributed by atoms with Crippen molar-refractivity contribution in [1.82, 2.24) is 4.98 Å². The largest absolute Gasteiger partial charge is 0.481 e. The van der Waals surface area contributed by atoms with Crippen LogP contribution in [0.3, 0.4) is 0 Å². The third kappa shape index (κ3) is 2.49. The quantitative estimate of drug-likeness (QED) is 0.940. The molecule has 1 aromatic carbocycles. The first-order chi connectivity index (χ1) is 10.2. The molecule has 0 spiro atoms. The molecule has 108 valence electrons. The Morgan fingerprint density at radius 3 is 2.24 bits per heavy atom. The maximum Gasteiger partial charge on any atom is 0.314 e. The van der Waals surface area contributed by atoms with Crippen molar-refractivity contribution in [1.29, 1.82) is 0 Å². The molecular weight excluding hydrogens is 264 g/mol. The van der Waals surface area contributed by atoms with Gasteiger partial charge in [-0.3, -0.25) is 9.78 Å². The molecule has 0 atom stereocenters. The van der Waals surface area contributed by atoms with Gasteiger partial charge in [-0.05, 0) is 30.5 Å². The fraction of sp³-hybridized carbons (Fsp3) is 0.294. The van der Waals surface area contributed by atoms with E-state index in [9.17, 15) is 9.90 Å². The Labute approximate surface area is 124 Å². The smallest absolute Gasteiger partial charge is 0.314 e. The molecule has 4 nitrogen and oxygen atoms in total. The molecule has 2 heterocycles. The zero-order chi connectivity index (χ0) is 14.7. The molecule has 0 unspecified atom stereocenters. The lowest BCUT2D eigenvalue weighted by Crippen LogP contribution is -2.47. The van der Waals surface area contributed by atoms with Gasteiger partial charge in [0.1, 0.15) is 0 Å². The summed E-state index contributed by atoms with van der Waals surface area (Å²) in [5, 5.41) is 9.77. The Hall–Kier alpha value is -2.36. The third-order valence-electron chi connectivity index (χ3n) is 4.38. The summed E-state index contributed by atoms with van der Waals surface area (Å²) in [6.45, 7) is 1.48. The number of carboxylic acids is 1. The summed E-state index contributed by atoms with van der Waals surface area (Å²) < 4.78 is 0. The molecule has 1 saturated heterocycles. The molecule has 2 aromatic rings. The van der Waals surface area contributed by atoms with E-state index in [0.717, 1.165) is 24.3 Å². The van der Waals surface area contributed by atoms with E-state index in [0.29, 0.717) is 12.8 Å². The van der Waals surface area contributed by atoms with Crippen LogP contribution < -0.4 is 4.90 Å². The fourth-order valence-corrected chi connectivity index (χ4v) is 3.08. The minimum atomic E-state index is -0.759. The number of carbonyl (C=O) groups is 1. The zero-order valence-corrected chi connectivity index (χ0v) is 11.8. The number of rotatable bonds is 3.